The summed E-state index contributed by atoms with van der Waals surface area (Å²) in [4.78, 5) is 0. The van der Waals surface area contributed by atoms with Crippen LogP contribution in [-0.4, -0.2) is 6.10 Å². The van der Waals surface area contributed by atoms with E-state index in [1.54, 1.807) is 0 Å². The molecule has 1 heteroatoms. The summed E-state index contributed by atoms with van der Waals surface area (Å²) < 4.78 is 5.77. The van der Waals surface area contributed by atoms with Crippen LogP contribution in [-0.2, 0) is 4.74 Å². The molecule has 1 saturated heterocycles. The van der Waals surface area contributed by atoms with Gasteiger partial charge in [0, 0.05) is 0 Å². The average molecular weight is 200 g/mol. The number of hydrogen-bond donors (Lipinski definition) is 0. The van der Waals surface area contributed by atoms with Gasteiger partial charge in [0.1, 0.15) is 12.2 Å². The van der Waals surface area contributed by atoms with Crippen LogP contribution in [0.5, 0.6) is 0 Å². The smallest absolute Gasteiger partial charge is 0.113 e. The molecule has 0 N–H and O–H groups in total. The zero-order chi connectivity index (χ0) is 10.1. The Bertz CT molecular complexity index is 366. The van der Waals surface area contributed by atoms with Gasteiger partial charge in [0.15, 0.2) is 0 Å². The second-order valence-corrected chi connectivity index (χ2v) is 4.41. The molecule has 3 rings (SSSR count). The fourth-order valence-corrected chi connectivity index (χ4v) is 2.41. The number of ether oxygens (including phenoxy) is 1. The summed E-state index contributed by atoms with van der Waals surface area (Å²) in [7, 11) is 0. The molecule has 1 aliphatic carbocycles. The van der Waals surface area contributed by atoms with E-state index in [2.05, 4.69) is 36.4 Å². The lowest BCUT2D eigenvalue weighted by molar-refractivity contribution is 0.384. The zero-order valence-corrected chi connectivity index (χ0v) is 8.86. The molecule has 2 atom stereocenters. The van der Waals surface area contributed by atoms with Gasteiger partial charge in [0.25, 0.3) is 0 Å². The highest BCUT2D eigenvalue weighted by molar-refractivity contribution is 5.29. The minimum absolute atomic E-state index is 0.343. The highest BCUT2D eigenvalue weighted by atomic mass is 16.6. The van der Waals surface area contributed by atoms with E-state index in [1.807, 2.05) is 0 Å². The van der Waals surface area contributed by atoms with Gasteiger partial charge in [-0.25, -0.2) is 0 Å². The minimum atomic E-state index is 0.343. The molecular formula is C14H16O. The first kappa shape index (κ1) is 9.17. The van der Waals surface area contributed by atoms with Crippen LogP contribution >= 0.6 is 0 Å². The van der Waals surface area contributed by atoms with E-state index in [0.717, 1.165) is 0 Å². The molecule has 0 radical (unpaired) electrons. The maximum absolute atomic E-state index is 5.77. The van der Waals surface area contributed by atoms with E-state index < -0.39 is 0 Å². The van der Waals surface area contributed by atoms with Crippen molar-refractivity contribution in [1.29, 1.82) is 0 Å². The Morgan fingerprint density at radius 2 is 1.87 bits per heavy atom. The van der Waals surface area contributed by atoms with Gasteiger partial charge in [-0.1, -0.05) is 36.4 Å². The maximum Gasteiger partial charge on any atom is 0.113 e. The van der Waals surface area contributed by atoms with Gasteiger partial charge < -0.3 is 4.74 Å². The molecule has 0 bridgehead atoms. The molecule has 0 aromatic heterocycles. The normalized spacial score (nSPS) is 29.7. The molecule has 1 nitrogen and oxygen atoms in total. The Morgan fingerprint density at radius 1 is 1.00 bits per heavy atom. The first-order valence-corrected chi connectivity index (χ1v) is 5.84. The monoisotopic (exact) mass is 200 g/mol. The van der Waals surface area contributed by atoms with Gasteiger partial charge in [0.05, 0.1) is 0 Å². The summed E-state index contributed by atoms with van der Waals surface area (Å²) in [5.41, 5.74) is 2.86. The predicted molar refractivity (Wildman–Crippen MR) is 60.6 cm³/mol. The van der Waals surface area contributed by atoms with Crippen molar-refractivity contribution in [2.45, 2.75) is 37.9 Å². The van der Waals surface area contributed by atoms with Crippen LogP contribution < -0.4 is 0 Å². The molecule has 1 fully saturated rings. The lowest BCUT2D eigenvalue weighted by Crippen LogP contribution is -1.99. The quantitative estimate of drug-likeness (QED) is 0.524. The van der Waals surface area contributed by atoms with Crippen LogP contribution in [0.15, 0.2) is 42.0 Å². The molecular weight excluding hydrogens is 184 g/mol. The molecule has 1 aromatic rings. The van der Waals surface area contributed by atoms with E-state index in [-0.39, 0.29) is 0 Å². The van der Waals surface area contributed by atoms with Crippen LogP contribution in [0.25, 0.3) is 0 Å². The molecule has 1 aliphatic heterocycles. The van der Waals surface area contributed by atoms with Crippen molar-refractivity contribution in [3.8, 4) is 0 Å². The Kier molecular flexibility index (Phi) is 2.34. The van der Waals surface area contributed by atoms with Gasteiger partial charge in [-0.05, 0) is 36.8 Å². The van der Waals surface area contributed by atoms with Crippen molar-refractivity contribution in [1.82, 2.24) is 0 Å². The molecule has 15 heavy (non-hydrogen) atoms. The van der Waals surface area contributed by atoms with Crippen LogP contribution in [0, 0.1) is 0 Å². The lowest BCUT2D eigenvalue weighted by atomic mass is 9.94. The molecule has 1 aromatic carbocycles. The van der Waals surface area contributed by atoms with Crippen LogP contribution in [0.2, 0.25) is 0 Å². The predicted octanol–water partition coefficient (Wildman–Crippen LogP) is 3.63. The molecule has 78 valence electrons. The highest BCUT2D eigenvalue weighted by Gasteiger charge is 2.42. The van der Waals surface area contributed by atoms with Crippen LogP contribution in [0.1, 0.15) is 37.4 Å². The topological polar surface area (TPSA) is 12.5 Å². The fraction of sp³-hybridized carbons (Fsp3) is 0.429. The molecule has 1 heterocycles. The number of allylic oxidation sites excluding steroid dienone is 1. The second kappa shape index (κ2) is 3.82. The third-order valence-corrected chi connectivity index (χ3v) is 3.31. The van der Waals surface area contributed by atoms with Crippen molar-refractivity contribution >= 4 is 0 Å². The average Bonchev–Trinajstić information content (AvgIpc) is 3.11. The lowest BCUT2D eigenvalue weighted by Gasteiger charge is -2.09. The summed E-state index contributed by atoms with van der Waals surface area (Å²) in [6.07, 6.45) is 8.31. The van der Waals surface area contributed by atoms with Crippen molar-refractivity contribution in [3.63, 3.8) is 0 Å². The van der Waals surface area contributed by atoms with Gasteiger partial charge in [-0.2, -0.15) is 0 Å². The number of rotatable bonds is 2. The minimum Gasteiger partial charge on any atom is -0.360 e. The molecule has 0 saturated carbocycles. The van der Waals surface area contributed by atoms with E-state index in [4.69, 9.17) is 4.74 Å². The van der Waals surface area contributed by atoms with Crippen molar-refractivity contribution in [2.24, 2.45) is 0 Å². The Morgan fingerprint density at radius 3 is 2.60 bits per heavy atom. The van der Waals surface area contributed by atoms with E-state index >= 15 is 0 Å². The largest absolute Gasteiger partial charge is 0.360 e. The Balaban J connectivity index is 1.71. The molecule has 0 spiro atoms. The first-order chi connectivity index (χ1) is 7.45. The van der Waals surface area contributed by atoms with Gasteiger partial charge in [0.2, 0.25) is 0 Å². The second-order valence-electron chi connectivity index (χ2n) is 4.41. The summed E-state index contributed by atoms with van der Waals surface area (Å²) in [5.74, 6) is 0. The maximum atomic E-state index is 5.77. The SMILES string of the molecule is C1=C([C@H]2O[C@H]2c2ccccc2)CCCC1. The molecule has 0 unspecified atom stereocenters. The summed E-state index contributed by atoms with van der Waals surface area (Å²) in [6.45, 7) is 0. The van der Waals surface area contributed by atoms with Crippen LogP contribution in [0.4, 0.5) is 0 Å². The summed E-state index contributed by atoms with van der Waals surface area (Å²) >= 11 is 0. The number of benzene rings is 1. The fourth-order valence-electron chi connectivity index (χ4n) is 2.41. The summed E-state index contributed by atoms with van der Waals surface area (Å²) in [5, 5.41) is 0. The van der Waals surface area contributed by atoms with Gasteiger partial charge in [-0.15, -0.1) is 0 Å². The van der Waals surface area contributed by atoms with E-state index in [1.165, 1.54) is 36.8 Å². The Hall–Kier alpha value is -1.08. The van der Waals surface area contributed by atoms with Gasteiger partial charge >= 0.3 is 0 Å². The van der Waals surface area contributed by atoms with Crippen molar-refractivity contribution in [2.75, 3.05) is 0 Å². The van der Waals surface area contributed by atoms with Gasteiger partial charge in [-0.3, -0.25) is 0 Å². The van der Waals surface area contributed by atoms with E-state index in [9.17, 15) is 0 Å². The molecule has 2 aliphatic rings. The Labute approximate surface area is 90.8 Å². The standard InChI is InChI=1S/C14H16O/c1-3-7-11(8-4-1)13-14(15-13)12-9-5-2-6-10-12/h1,3-4,7-9,13-14H,2,5-6,10H2/t13-,14+/m0/s1. The highest BCUT2D eigenvalue weighted by Crippen LogP contribution is 2.45. The van der Waals surface area contributed by atoms with Crippen molar-refractivity contribution < 1.29 is 4.74 Å². The van der Waals surface area contributed by atoms with Crippen LogP contribution in [0.3, 0.4) is 0 Å². The van der Waals surface area contributed by atoms with Crippen molar-refractivity contribution in [3.05, 3.63) is 47.5 Å². The molecule has 0 amide bonds. The summed E-state index contributed by atoms with van der Waals surface area (Å²) in [6, 6.07) is 10.6. The third-order valence-electron chi connectivity index (χ3n) is 3.31. The van der Waals surface area contributed by atoms with E-state index in [0.29, 0.717) is 12.2 Å². The first-order valence-electron chi connectivity index (χ1n) is 5.84. The third kappa shape index (κ3) is 1.84. The number of epoxide rings is 1. The number of hydrogen-bond acceptors (Lipinski definition) is 1. The zero-order valence-electron chi connectivity index (χ0n) is 8.86.